The maximum atomic E-state index is 12.8. The van der Waals surface area contributed by atoms with Gasteiger partial charge < -0.3 is 10.2 Å². The van der Waals surface area contributed by atoms with Gasteiger partial charge in [0.05, 0.1) is 11.3 Å². The molecule has 0 aliphatic carbocycles. The number of hydrogen-bond donors (Lipinski definition) is 2. The Labute approximate surface area is 185 Å². The predicted octanol–water partition coefficient (Wildman–Crippen LogP) is 4.58. The van der Waals surface area contributed by atoms with Gasteiger partial charge in [0.1, 0.15) is 0 Å². The number of aromatic nitrogens is 1. The van der Waals surface area contributed by atoms with Gasteiger partial charge >= 0.3 is 0 Å². The molecule has 160 valence electrons. The number of likely N-dealkylation sites (tertiary alicyclic amines) is 1. The highest BCUT2D eigenvalue weighted by molar-refractivity contribution is 7.80. The van der Waals surface area contributed by atoms with Crippen LogP contribution in [0.2, 0.25) is 0 Å². The predicted molar refractivity (Wildman–Crippen MR) is 127 cm³/mol. The number of carbonyl (C=O) groups excluding carboxylic acids is 1. The molecule has 1 aliphatic rings. The Morgan fingerprint density at radius 2 is 1.87 bits per heavy atom. The number of unbranched alkanes of at least 4 members (excludes halogenated alkanes) is 2. The van der Waals surface area contributed by atoms with E-state index in [-0.39, 0.29) is 5.91 Å². The zero-order valence-electron chi connectivity index (χ0n) is 17.8. The summed E-state index contributed by atoms with van der Waals surface area (Å²) in [5.41, 5.74) is 3.61. The first kappa shape index (κ1) is 22.4. The van der Waals surface area contributed by atoms with Crippen molar-refractivity contribution in [1.82, 2.24) is 15.2 Å². The number of thiocarbonyl (C=S) groups is 1. The Balaban J connectivity index is 1.52. The van der Waals surface area contributed by atoms with Gasteiger partial charge in [-0.25, -0.2) is 0 Å². The van der Waals surface area contributed by atoms with Crippen molar-refractivity contribution in [3.8, 4) is 0 Å². The van der Waals surface area contributed by atoms with E-state index < -0.39 is 0 Å². The molecular formula is C24H32N4OS. The fourth-order valence-corrected chi connectivity index (χ4v) is 3.99. The first-order chi connectivity index (χ1) is 14.7. The normalized spacial score (nSPS) is 13.9. The number of carbonyl (C=O) groups is 1. The number of hydrogen-bond acceptors (Lipinski definition) is 4. The number of amides is 1. The quantitative estimate of drug-likeness (QED) is 0.456. The van der Waals surface area contributed by atoms with Gasteiger partial charge in [-0.3, -0.25) is 15.1 Å². The Kier molecular flexibility index (Phi) is 8.78. The van der Waals surface area contributed by atoms with Gasteiger partial charge in [0.2, 0.25) is 0 Å². The molecule has 30 heavy (non-hydrogen) atoms. The second-order valence-corrected chi connectivity index (χ2v) is 8.27. The molecule has 0 atom stereocenters. The number of aryl methyl sites for hydroxylation is 1. The van der Waals surface area contributed by atoms with Crippen molar-refractivity contribution in [2.24, 2.45) is 0 Å². The topological polar surface area (TPSA) is 57.3 Å². The van der Waals surface area contributed by atoms with E-state index in [2.05, 4.69) is 39.6 Å². The second kappa shape index (κ2) is 11.8. The monoisotopic (exact) mass is 424 g/mol. The molecular weight excluding hydrogens is 392 g/mol. The average Bonchev–Trinajstić information content (AvgIpc) is 3.27. The van der Waals surface area contributed by atoms with Crippen molar-refractivity contribution in [2.75, 3.05) is 25.0 Å². The third-order valence-electron chi connectivity index (χ3n) is 5.51. The van der Waals surface area contributed by atoms with Crippen molar-refractivity contribution in [3.63, 3.8) is 0 Å². The highest BCUT2D eigenvalue weighted by Crippen LogP contribution is 2.14. The lowest BCUT2D eigenvalue weighted by atomic mass is 10.1. The molecule has 0 radical (unpaired) electrons. The lowest BCUT2D eigenvalue weighted by molar-refractivity contribution is 0.0976. The van der Waals surface area contributed by atoms with Crippen LogP contribution in [0.25, 0.3) is 0 Å². The summed E-state index contributed by atoms with van der Waals surface area (Å²) in [5, 5.41) is 6.20. The summed E-state index contributed by atoms with van der Waals surface area (Å²) in [6.07, 6.45) is 9.82. The molecule has 2 heterocycles. The molecule has 0 bridgehead atoms. The molecule has 1 saturated heterocycles. The van der Waals surface area contributed by atoms with E-state index in [1.165, 1.54) is 37.7 Å². The number of nitrogens with zero attached hydrogens (tertiary/aromatic N) is 2. The molecule has 0 spiro atoms. The zero-order valence-corrected chi connectivity index (χ0v) is 18.6. The molecule has 0 unspecified atom stereocenters. The molecule has 1 fully saturated rings. The van der Waals surface area contributed by atoms with Crippen LogP contribution in [0.1, 0.15) is 60.6 Å². The van der Waals surface area contributed by atoms with Crippen LogP contribution < -0.4 is 10.6 Å². The number of pyridine rings is 1. The van der Waals surface area contributed by atoms with Crippen molar-refractivity contribution in [2.45, 2.75) is 51.9 Å². The van der Waals surface area contributed by atoms with Crippen LogP contribution in [0.4, 0.5) is 5.69 Å². The summed E-state index contributed by atoms with van der Waals surface area (Å²) in [5.74, 6) is -0.215. The Morgan fingerprint density at radius 1 is 1.10 bits per heavy atom. The van der Waals surface area contributed by atoms with E-state index >= 15 is 0 Å². The SMILES string of the molecule is CCCCCc1ccc(NC(=S)NC(=O)c2cccnc2CCN2CCCC2)cc1. The summed E-state index contributed by atoms with van der Waals surface area (Å²) in [6, 6.07) is 11.8. The third kappa shape index (κ3) is 6.89. The lowest BCUT2D eigenvalue weighted by Crippen LogP contribution is -2.35. The Bertz CT molecular complexity index is 831. The smallest absolute Gasteiger partial charge is 0.259 e. The minimum absolute atomic E-state index is 0.215. The largest absolute Gasteiger partial charge is 0.332 e. The summed E-state index contributed by atoms with van der Waals surface area (Å²) in [7, 11) is 0. The first-order valence-electron chi connectivity index (χ1n) is 11.0. The summed E-state index contributed by atoms with van der Waals surface area (Å²) >= 11 is 5.35. The molecule has 2 N–H and O–H groups in total. The van der Waals surface area contributed by atoms with Gasteiger partial charge in [0.15, 0.2) is 5.11 Å². The summed E-state index contributed by atoms with van der Waals surface area (Å²) < 4.78 is 0. The molecule has 5 nitrogen and oxygen atoms in total. The number of anilines is 1. The third-order valence-corrected chi connectivity index (χ3v) is 5.71. The molecule has 1 aliphatic heterocycles. The molecule has 2 aromatic rings. The molecule has 6 heteroatoms. The van der Waals surface area contributed by atoms with Crippen LogP contribution in [0, 0.1) is 0 Å². The maximum Gasteiger partial charge on any atom is 0.259 e. The van der Waals surface area contributed by atoms with Gasteiger partial charge in [-0.15, -0.1) is 0 Å². The Morgan fingerprint density at radius 3 is 2.60 bits per heavy atom. The number of benzene rings is 1. The van der Waals surface area contributed by atoms with Crippen LogP contribution in [-0.2, 0) is 12.8 Å². The number of nitrogens with one attached hydrogen (secondary N) is 2. The standard InChI is InChI=1S/C24H32N4OS/c1-2-3-4-8-19-10-12-20(13-11-19)26-24(30)27-23(29)21-9-7-15-25-22(21)14-18-28-16-5-6-17-28/h7,9-13,15H,2-6,8,14,16-18H2,1H3,(H2,26,27,29,30). The maximum absolute atomic E-state index is 12.8. The average molecular weight is 425 g/mol. The van der Waals surface area contributed by atoms with Crippen LogP contribution >= 0.6 is 12.2 Å². The van der Waals surface area contributed by atoms with E-state index in [9.17, 15) is 4.79 Å². The van der Waals surface area contributed by atoms with Crippen LogP contribution in [-0.4, -0.2) is 40.5 Å². The first-order valence-corrected chi connectivity index (χ1v) is 11.4. The minimum atomic E-state index is -0.215. The van der Waals surface area contributed by atoms with Crippen molar-refractivity contribution >= 4 is 28.9 Å². The minimum Gasteiger partial charge on any atom is -0.332 e. The van der Waals surface area contributed by atoms with Gasteiger partial charge in [-0.1, -0.05) is 31.9 Å². The van der Waals surface area contributed by atoms with Crippen LogP contribution in [0.15, 0.2) is 42.6 Å². The van der Waals surface area contributed by atoms with Crippen molar-refractivity contribution in [1.29, 1.82) is 0 Å². The van der Waals surface area contributed by atoms with Crippen molar-refractivity contribution < 1.29 is 4.79 Å². The van der Waals surface area contributed by atoms with E-state index in [1.54, 1.807) is 12.3 Å². The lowest BCUT2D eigenvalue weighted by Gasteiger charge is -2.15. The van der Waals surface area contributed by atoms with Crippen LogP contribution in [0.3, 0.4) is 0 Å². The van der Waals surface area contributed by atoms with Gasteiger partial charge in [-0.2, -0.15) is 0 Å². The number of rotatable bonds is 9. The second-order valence-electron chi connectivity index (χ2n) is 7.86. The molecule has 1 aromatic heterocycles. The molecule has 0 saturated carbocycles. The highest BCUT2D eigenvalue weighted by atomic mass is 32.1. The van der Waals surface area contributed by atoms with Gasteiger partial charge in [0.25, 0.3) is 5.91 Å². The molecule has 1 amide bonds. The summed E-state index contributed by atoms with van der Waals surface area (Å²) in [4.78, 5) is 19.6. The van der Waals surface area contributed by atoms with Crippen molar-refractivity contribution in [3.05, 3.63) is 59.4 Å². The van der Waals surface area contributed by atoms with Gasteiger partial charge in [-0.05, 0) is 80.8 Å². The van der Waals surface area contributed by atoms with E-state index in [4.69, 9.17) is 12.2 Å². The highest BCUT2D eigenvalue weighted by Gasteiger charge is 2.16. The summed E-state index contributed by atoms with van der Waals surface area (Å²) in [6.45, 7) is 5.43. The zero-order chi connectivity index (χ0) is 21.2. The Hall–Kier alpha value is -2.31. The van der Waals surface area contributed by atoms with Gasteiger partial charge in [0, 0.05) is 24.8 Å². The molecule has 3 rings (SSSR count). The van der Waals surface area contributed by atoms with E-state index in [0.29, 0.717) is 10.7 Å². The fraction of sp³-hybridized carbons (Fsp3) is 0.458. The fourth-order valence-electron chi connectivity index (χ4n) is 3.78. The van der Waals surface area contributed by atoms with E-state index in [1.807, 2.05) is 18.2 Å². The van der Waals surface area contributed by atoms with Crippen LogP contribution in [0.5, 0.6) is 0 Å². The molecule has 1 aromatic carbocycles. The van der Waals surface area contributed by atoms with E-state index in [0.717, 1.165) is 43.9 Å².